The second-order valence-electron chi connectivity index (χ2n) is 8.98. The first-order valence-corrected chi connectivity index (χ1v) is 11.2. The summed E-state index contributed by atoms with van der Waals surface area (Å²) in [6.07, 6.45) is 4.43. The molecule has 0 radical (unpaired) electrons. The molecule has 0 aromatic carbocycles. The Labute approximate surface area is 202 Å². The molecule has 9 nitrogen and oxygen atoms in total. The molecule has 182 valence electrons. The van der Waals surface area contributed by atoms with Gasteiger partial charge >= 0.3 is 6.09 Å². The van der Waals surface area contributed by atoms with Gasteiger partial charge in [0.2, 0.25) is 0 Å². The highest BCUT2D eigenvalue weighted by molar-refractivity contribution is 6.31. The summed E-state index contributed by atoms with van der Waals surface area (Å²) in [5, 5.41) is 3.98. The number of nitrogens with one attached hydrogen (secondary N) is 2. The fourth-order valence-electron chi connectivity index (χ4n) is 3.18. The largest absolute Gasteiger partial charge is 0.444 e. The van der Waals surface area contributed by atoms with E-state index in [-0.39, 0.29) is 23.8 Å². The highest BCUT2D eigenvalue weighted by Crippen LogP contribution is 2.28. The van der Waals surface area contributed by atoms with Crippen LogP contribution in [0.25, 0.3) is 22.4 Å². The van der Waals surface area contributed by atoms with Gasteiger partial charge in [-0.1, -0.05) is 11.6 Å². The van der Waals surface area contributed by atoms with Crippen LogP contribution < -0.4 is 5.32 Å². The zero-order valence-electron chi connectivity index (χ0n) is 19.8. The molecule has 0 unspecified atom stereocenters. The van der Waals surface area contributed by atoms with Gasteiger partial charge in [0.15, 0.2) is 23.2 Å². The van der Waals surface area contributed by atoms with Crippen LogP contribution in [0, 0.1) is 5.82 Å². The molecule has 3 aromatic rings. The van der Waals surface area contributed by atoms with Gasteiger partial charge in [0.25, 0.3) is 0 Å². The number of ketones is 1. The van der Waals surface area contributed by atoms with Crippen molar-refractivity contribution in [2.45, 2.75) is 52.2 Å². The van der Waals surface area contributed by atoms with Crippen LogP contribution >= 0.6 is 11.6 Å². The number of H-pyrrole nitrogens is 1. The van der Waals surface area contributed by atoms with E-state index in [1.807, 2.05) is 0 Å². The third-order valence-corrected chi connectivity index (χ3v) is 5.15. The lowest BCUT2D eigenvalue weighted by atomic mass is 10.1. The number of halogens is 2. The van der Waals surface area contributed by atoms with Gasteiger partial charge in [-0.3, -0.25) is 4.79 Å². The molecule has 0 spiro atoms. The Morgan fingerprint density at radius 3 is 2.74 bits per heavy atom. The molecule has 1 atom stereocenters. The number of pyridine rings is 1. The highest BCUT2D eigenvalue weighted by Gasteiger charge is 2.21. The number of fused-ring (bicyclic) bond motifs is 1. The standard InChI is InChI=1S/C23H28ClFN6O3/c1-13(18(32)7-6-8-31(5)22(33)34-23(2,3)4)29-21-17(25)12-28-20(30-21)16-11-27-19-15(16)9-14(24)10-26-19/h9-13H,6-8H2,1-5H3,(H,26,27)(H,28,29,30)/t13-/m0/s1. The van der Waals surface area contributed by atoms with E-state index >= 15 is 0 Å². The average Bonchev–Trinajstić information content (AvgIpc) is 3.16. The molecule has 0 aliphatic heterocycles. The summed E-state index contributed by atoms with van der Waals surface area (Å²) in [5.74, 6) is -0.636. The number of carbonyl (C=O) groups is 2. The van der Waals surface area contributed by atoms with E-state index in [2.05, 4.69) is 25.3 Å². The number of aromatic amines is 1. The van der Waals surface area contributed by atoms with E-state index in [4.69, 9.17) is 16.3 Å². The smallest absolute Gasteiger partial charge is 0.410 e. The normalized spacial score (nSPS) is 12.4. The summed E-state index contributed by atoms with van der Waals surface area (Å²) in [5.41, 5.74) is 0.620. The van der Waals surface area contributed by atoms with Gasteiger partial charge in [0.05, 0.1) is 17.3 Å². The maximum atomic E-state index is 14.4. The number of aromatic nitrogens is 4. The van der Waals surface area contributed by atoms with Crippen molar-refractivity contribution in [2.24, 2.45) is 0 Å². The molecule has 0 aliphatic carbocycles. The number of hydrogen-bond donors (Lipinski definition) is 2. The molecule has 0 fully saturated rings. The molecule has 1 amide bonds. The lowest BCUT2D eigenvalue weighted by Gasteiger charge is -2.24. The van der Waals surface area contributed by atoms with Crippen LogP contribution in [-0.2, 0) is 9.53 Å². The highest BCUT2D eigenvalue weighted by atomic mass is 35.5. The van der Waals surface area contributed by atoms with Crippen LogP contribution in [0.4, 0.5) is 15.0 Å². The van der Waals surface area contributed by atoms with Crippen molar-refractivity contribution in [3.05, 3.63) is 35.5 Å². The molecule has 3 heterocycles. The predicted molar refractivity (Wildman–Crippen MR) is 128 cm³/mol. The van der Waals surface area contributed by atoms with Crippen molar-refractivity contribution in [1.29, 1.82) is 0 Å². The van der Waals surface area contributed by atoms with Crippen LogP contribution in [0.2, 0.25) is 5.02 Å². The maximum absolute atomic E-state index is 14.4. The van der Waals surface area contributed by atoms with Gasteiger partial charge in [-0.2, -0.15) is 0 Å². The van der Waals surface area contributed by atoms with Gasteiger partial charge in [-0.25, -0.2) is 24.1 Å². The SMILES string of the molecule is C[C@H](Nc1nc(-c2c[nH]c3ncc(Cl)cc23)ncc1F)C(=O)CCCN(C)C(=O)OC(C)(C)C. The monoisotopic (exact) mass is 490 g/mol. The van der Waals surface area contributed by atoms with Crippen LogP contribution in [0.3, 0.4) is 0 Å². The molecule has 0 saturated carbocycles. The number of ether oxygens (including phenoxy) is 1. The molecule has 34 heavy (non-hydrogen) atoms. The minimum absolute atomic E-state index is 0.0824. The second kappa shape index (κ2) is 10.3. The fraction of sp³-hybridized carbons (Fsp3) is 0.435. The fourth-order valence-corrected chi connectivity index (χ4v) is 3.34. The zero-order valence-corrected chi connectivity index (χ0v) is 20.5. The number of amides is 1. The Morgan fingerprint density at radius 1 is 1.29 bits per heavy atom. The third-order valence-electron chi connectivity index (χ3n) is 4.94. The first-order valence-electron chi connectivity index (χ1n) is 10.8. The van der Waals surface area contributed by atoms with E-state index in [0.29, 0.717) is 34.6 Å². The van der Waals surface area contributed by atoms with Crippen molar-refractivity contribution in [2.75, 3.05) is 18.9 Å². The summed E-state index contributed by atoms with van der Waals surface area (Å²) in [4.78, 5) is 41.6. The first kappa shape index (κ1) is 25.4. The summed E-state index contributed by atoms with van der Waals surface area (Å²) in [6, 6.07) is 1.03. The summed E-state index contributed by atoms with van der Waals surface area (Å²) < 4.78 is 19.7. The van der Waals surface area contributed by atoms with Crippen molar-refractivity contribution in [3.8, 4) is 11.4 Å². The van der Waals surface area contributed by atoms with Crippen molar-refractivity contribution in [1.82, 2.24) is 24.8 Å². The lowest BCUT2D eigenvalue weighted by Crippen LogP contribution is -2.35. The van der Waals surface area contributed by atoms with Gasteiger partial charge in [0.1, 0.15) is 11.2 Å². The van der Waals surface area contributed by atoms with Crippen LogP contribution in [0.15, 0.2) is 24.7 Å². The van der Waals surface area contributed by atoms with Gasteiger partial charge in [-0.05, 0) is 40.2 Å². The van der Waals surface area contributed by atoms with E-state index in [9.17, 15) is 14.0 Å². The molecule has 0 aliphatic rings. The van der Waals surface area contributed by atoms with Crippen LogP contribution in [0.1, 0.15) is 40.5 Å². The topological polar surface area (TPSA) is 113 Å². The van der Waals surface area contributed by atoms with E-state index in [0.717, 1.165) is 6.20 Å². The van der Waals surface area contributed by atoms with E-state index in [1.165, 1.54) is 11.1 Å². The predicted octanol–water partition coefficient (Wildman–Crippen LogP) is 4.83. The minimum atomic E-state index is -0.692. The second-order valence-corrected chi connectivity index (χ2v) is 9.42. The molecular formula is C23H28ClFN6O3. The Kier molecular flexibility index (Phi) is 7.71. The summed E-state index contributed by atoms with van der Waals surface area (Å²) >= 11 is 6.05. The van der Waals surface area contributed by atoms with Crippen LogP contribution in [0.5, 0.6) is 0 Å². The van der Waals surface area contributed by atoms with Crippen LogP contribution in [-0.4, -0.2) is 61.9 Å². The quantitative estimate of drug-likeness (QED) is 0.465. The zero-order chi connectivity index (χ0) is 25.0. The molecule has 0 bridgehead atoms. The first-order chi connectivity index (χ1) is 15.9. The van der Waals surface area contributed by atoms with Crippen molar-refractivity contribution < 1.29 is 18.7 Å². The average molecular weight is 491 g/mol. The number of nitrogens with zero attached hydrogens (tertiary/aromatic N) is 4. The number of carbonyl (C=O) groups excluding carboxylic acids is 2. The number of hydrogen-bond acceptors (Lipinski definition) is 7. The lowest BCUT2D eigenvalue weighted by molar-refractivity contribution is -0.119. The third kappa shape index (κ3) is 6.40. The Bertz CT molecular complexity index is 1190. The van der Waals surface area contributed by atoms with E-state index in [1.54, 1.807) is 47.0 Å². The molecule has 3 rings (SSSR count). The van der Waals surface area contributed by atoms with E-state index < -0.39 is 23.6 Å². The molecule has 11 heteroatoms. The Morgan fingerprint density at radius 2 is 2.03 bits per heavy atom. The number of anilines is 1. The molecule has 3 aromatic heterocycles. The van der Waals surface area contributed by atoms with Gasteiger partial charge < -0.3 is 19.9 Å². The van der Waals surface area contributed by atoms with Crippen molar-refractivity contribution in [3.63, 3.8) is 0 Å². The Hall–Kier alpha value is -3.27. The number of rotatable bonds is 8. The van der Waals surface area contributed by atoms with Gasteiger partial charge in [0, 0.05) is 43.4 Å². The molecular weight excluding hydrogens is 463 g/mol. The van der Waals surface area contributed by atoms with Gasteiger partial charge in [-0.15, -0.1) is 0 Å². The maximum Gasteiger partial charge on any atom is 0.410 e. The van der Waals surface area contributed by atoms with Crippen molar-refractivity contribution >= 4 is 40.3 Å². The summed E-state index contributed by atoms with van der Waals surface area (Å²) in [7, 11) is 1.62. The number of Topliss-reactive ketones (excluding diaryl/α,β-unsaturated/α-hetero) is 1. The molecule has 0 saturated heterocycles. The Balaban J connectivity index is 1.62. The molecule has 2 N–H and O–H groups in total. The summed E-state index contributed by atoms with van der Waals surface area (Å²) in [6.45, 7) is 7.36. The minimum Gasteiger partial charge on any atom is -0.444 e.